The number of carbonyl (C=O) groups excluding carboxylic acids is 1. The van der Waals surface area contributed by atoms with Crippen LogP contribution in [-0.4, -0.2) is 93.3 Å². The molecule has 0 atom stereocenters. The van der Waals surface area contributed by atoms with Crippen molar-refractivity contribution >= 4 is 36.4 Å². The summed E-state index contributed by atoms with van der Waals surface area (Å²) in [5.74, 6) is -0.583. The summed E-state index contributed by atoms with van der Waals surface area (Å²) < 4.78 is 57.2. The molecule has 1 aromatic carbocycles. The molecule has 40 heavy (non-hydrogen) atoms. The fraction of sp³-hybridized carbons (Fsp3) is 0.526. The van der Waals surface area contributed by atoms with Crippen LogP contribution in [0, 0.1) is 0 Å². The van der Waals surface area contributed by atoms with Crippen LogP contribution in [0.4, 0.5) is 0 Å². The Morgan fingerprint density at radius 2 is 1.23 bits per heavy atom. The smallest absolute Gasteiger partial charge is 0.339 e. The molecule has 0 unspecified atom stereocenters. The van der Waals surface area contributed by atoms with E-state index >= 15 is 0 Å². The van der Waals surface area contributed by atoms with Gasteiger partial charge in [0.2, 0.25) is 0 Å². The van der Waals surface area contributed by atoms with Crippen molar-refractivity contribution in [1.82, 2.24) is 9.80 Å². The molecule has 0 saturated carbocycles. The molecule has 0 amide bonds. The van der Waals surface area contributed by atoms with Crippen molar-refractivity contribution in [3.8, 4) is 5.75 Å². The molecule has 8 N–H and O–H groups in total. The summed E-state index contributed by atoms with van der Waals surface area (Å²) in [6.45, 7) is 3.76. The number of benzene rings is 1. The van der Waals surface area contributed by atoms with Gasteiger partial charge in [-0.05, 0) is 18.6 Å². The van der Waals surface area contributed by atoms with E-state index in [1.807, 2.05) is 0 Å². The molecule has 0 aliphatic rings. The number of rotatable bonds is 18. The summed E-state index contributed by atoms with van der Waals surface area (Å²) in [5, 5.41) is 0. The van der Waals surface area contributed by atoms with Crippen molar-refractivity contribution in [3.63, 3.8) is 0 Å². The summed E-state index contributed by atoms with van der Waals surface area (Å²) in [6, 6.07) is 4.22. The third kappa shape index (κ3) is 16.9. The van der Waals surface area contributed by atoms with Gasteiger partial charge in [0.1, 0.15) is 30.9 Å². The zero-order valence-electron chi connectivity index (χ0n) is 21.4. The number of esters is 1. The van der Waals surface area contributed by atoms with Gasteiger partial charge in [-0.25, -0.2) is 4.79 Å². The molecule has 1 rings (SSSR count). The van der Waals surface area contributed by atoms with Crippen LogP contribution in [0.2, 0.25) is 0 Å². The van der Waals surface area contributed by atoms with Gasteiger partial charge in [-0.2, -0.15) is 0 Å². The Balaban J connectivity index is 3.41. The molecule has 0 aliphatic carbocycles. The van der Waals surface area contributed by atoms with Gasteiger partial charge in [0, 0.05) is 30.6 Å². The van der Waals surface area contributed by atoms with Crippen molar-refractivity contribution in [1.29, 1.82) is 0 Å². The highest BCUT2D eigenvalue weighted by Gasteiger charge is 2.30. The summed E-state index contributed by atoms with van der Waals surface area (Å²) in [6.07, 6.45) is -4.06. The Labute approximate surface area is 230 Å². The van der Waals surface area contributed by atoms with Gasteiger partial charge in [0.15, 0.2) is 0 Å². The maximum atomic E-state index is 11.7. The molecule has 17 nitrogen and oxygen atoms in total. The minimum Gasteiger partial charge on any atom is -0.493 e. The van der Waals surface area contributed by atoms with Gasteiger partial charge in [0.05, 0.1) is 13.2 Å². The lowest BCUT2D eigenvalue weighted by atomic mass is 10.1. The fourth-order valence-corrected chi connectivity index (χ4v) is 6.60. The van der Waals surface area contributed by atoms with Gasteiger partial charge < -0.3 is 48.6 Å². The molecule has 0 aromatic heterocycles. The normalized spacial score (nSPS) is 13.1. The fourth-order valence-electron chi connectivity index (χ4n) is 3.40. The summed E-state index contributed by atoms with van der Waals surface area (Å²) >= 11 is 0. The lowest BCUT2D eigenvalue weighted by molar-refractivity contribution is -0.139. The lowest BCUT2D eigenvalue weighted by Gasteiger charge is -2.28. The second-order valence-corrected chi connectivity index (χ2v) is 15.3. The number of ether oxygens (including phenoxy) is 2. The quantitative estimate of drug-likeness (QED) is 0.0469. The van der Waals surface area contributed by atoms with E-state index in [1.165, 1.54) is 25.1 Å². The monoisotopic (exact) mass is 654 g/mol. The van der Waals surface area contributed by atoms with Gasteiger partial charge in [-0.15, -0.1) is 0 Å². The number of nitrogens with zero attached hydrogens (tertiary/aromatic N) is 2. The van der Waals surface area contributed by atoms with E-state index < -0.39 is 74.6 Å². The molecule has 0 radical (unpaired) electrons. The molecule has 0 bridgehead atoms. The van der Waals surface area contributed by atoms with Gasteiger partial charge in [-0.3, -0.25) is 28.1 Å². The van der Waals surface area contributed by atoms with Crippen LogP contribution in [0.25, 0.3) is 0 Å². The predicted octanol–water partition coefficient (Wildman–Crippen LogP) is 0.720. The van der Waals surface area contributed by atoms with Crippen molar-refractivity contribution in [3.05, 3.63) is 41.5 Å². The molecule has 230 valence electrons. The zero-order chi connectivity index (χ0) is 30.9. The van der Waals surface area contributed by atoms with Gasteiger partial charge in [-0.1, -0.05) is 18.7 Å². The first-order chi connectivity index (χ1) is 18.0. The van der Waals surface area contributed by atoms with E-state index in [2.05, 4.69) is 6.58 Å². The topological polar surface area (TPSA) is 272 Å². The van der Waals surface area contributed by atoms with Crippen molar-refractivity contribution in [2.24, 2.45) is 0 Å². The molecule has 21 heteroatoms. The molecule has 0 aliphatic heterocycles. The molecule has 0 saturated heterocycles. The maximum Gasteiger partial charge on any atom is 0.339 e. The van der Waals surface area contributed by atoms with E-state index in [0.29, 0.717) is 0 Å². The Kier molecular flexibility index (Phi) is 14.1. The van der Waals surface area contributed by atoms with Crippen LogP contribution in [0.15, 0.2) is 30.4 Å². The van der Waals surface area contributed by atoms with Crippen molar-refractivity contribution in [2.75, 3.05) is 38.4 Å². The van der Waals surface area contributed by atoms with Crippen LogP contribution in [0.3, 0.4) is 0 Å². The summed E-state index contributed by atoms with van der Waals surface area (Å²) in [4.78, 5) is 88.4. The predicted molar refractivity (Wildman–Crippen MR) is 141 cm³/mol. The maximum absolute atomic E-state index is 11.7. The Bertz CT molecular complexity index is 1170. The highest BCUT2D eigenvalue weighted by molar-refractivity contribution is 7.53. The first-order valence-electron chi connectivity index (χ1n) is 11.2. The van der Waals surface area contributed by atoms with Crippen molar-refractivity contribution in [2.45, 2.75) is 26.4 Å². The molecule has 0 spiro atoms. The number of carbonyl (C=O) groups is 1. The Morgan fingerprint density at radius 1 is 0.775 bits per heavy atom. The SMILES string of the molecule is C=C(C)C(=O)OCCCOc1cccc(CN(CP(=O)(O)O)CP(=O)(O)O)c1CN(CP(=O)(O)O)CP(=O)(O)O. The van der Waals surface area contributed by atoms with Crippen LogP contribution in [-0.2, 0) is 40.9 Å². The van der Waals surface area contributed by atoms with Crippen LogP contribution < -0.4 is 4.74 Å². The highest BCUT2D eigenvalue weighted by atomic mass is 31.2. The minimum absolute atomic E-state index is 0.0393. The third-order valence-electron chi connectivity index (χ3n) is 4.67. The van der Waals surface area contributed by atoms with Crippen LogP contribution in [0.1, 0.15) is 24.5 Å². The number of hydrogen-bond acceptors (Lipinski definition) is 9. The van der Waals surface area contributed by atoms with E-state index in [-0.39, 0.29) is 42.1 Å². The van der Waals surface area contributed by atoms with E-state index in [9.17, 15) is 62.2 Å². The average Bonchev–Trinajstić information content (AvgIpc) is 2.70. The molecular weight excluding hydrogens is 620 g/mol. The highest BCUT2D eigenvalue weighted by Crippen LogP contribution is 2.44. The Hall–Kier alpha value is -1.25. The minimum atomic E-state index is -4.84. The number of hydrogen-bond donors (Lipinski definition) is 8. The van der Waals surface area contributed by atoms with Crippen molar-refractivity contribution < 1.29 is 71.7 Å². The molecular formula is C19H34N2O15P4. The zero-order valence-corrected chi connectivity index (χ0v) is 25.0. The third-order valence-corrected chi connectivity index (χ3v) is 7.74. The molecule has 1 aromatic rings. The second-order valence-electron chi connectivity index (χ2n) is 8.89. The van der Waals surface area contributed by atoms with Crippen LogP contribution >= 0.6 is 30.4 Å². The molecule has 0 fully saturated rings. The van der Waals surface area contributed by atoms with E-state index in [1.54, 1.807) is 0 Å². The van der Waals surface area contributed by atoms with Gasteiger partial charge in [0.25, 0.3) is 0 Å². The Morgan fingerprint density at radius 3 is 1.65 bits per heavy atom. The first kappa shape index (κ1) is 36.8. The largest absolute Gasteiger partial charge is 0.493 e. The van der Waals surface area contributed by atoms with Gasteiger partial charge >= 0.3 is 36.4 Å². The first-order valence-corrected chi connectivity index (χ1v) is 18.4. The summed E-state index contributed by atoms with van der Waals surface area (Å²) in [5.41, 5.74) is 0.389. The van der Waals surface area contributed by atoms with Crippen LogP contribution in [0.5, 0.6) is 5.75 Å². The second kappa shape index (κ2) is 15.3. The average molecular weight is 654 g/mol. The van der Waals surface area contributed by atoms with E-state index in [0.717, 1.165) is 9.80 Å². The van der Waals surface area contributed by atoms with E-state index in [4.69, 9.17) is 9.47 Å². The summed E-state index contributed by atoms with van der Waals surface area (Å²) in [7, 11) is -19.3. The lowest BCUT2D eigenvalue weighted by Crippen LogP contribution is -2.29. The molecule has 0 heterocycles. The standard InChI is InChI=1S/C19H34N2O15P4/c1-15(2)19(22)36-8-4-7-35-18-6-3-5-16(9-20(11-37(23,24)25)12-38(26,27)28)17(18)10-21(13-39(29,30)31)14-40(32,33)34/h3,5-6H,1,4,7-14H2,2H3,(H2,23,24,25)(H2,26,27,28)(H2,29,30,31)(H2,32,33,34).